The maximum absolute atomic E-state index is 13.6. The van der Waals surface area contributed by atoms with E-state index in [2.05, 4.69) is 0 Å². The molecule has 2 aromatic rings. The molecule has 0 unspecified atom stereocenters. The normalized spacial score (nSPS) is 24.4. The summed E-state index contributed by atoms with van der Waals surface area (Å²) >= 11 is 0. The molecule has 3 aliphatic rings. The number of para-hydroxylation sites is 1. The first-order valence-electron chi connectivity index (χ1n) is 10.6. The van der Waals surface area contributed by atoms with Gasteiger partial charge in [0.2, 0.25) is 0 Å². The van der Waals surface area contributed by atoms with Gasteiger partial charge >= 0.3 is 0 Å². The van der Waals surface area contributed by atoms with Gasteiger partial charge in [-0.1, -0.05) is 36.4 Å². The molecular weight excluding hydrogens is 444 g/mol. The van der Waals surface area contributed by atoms with Crippen LogP contribution >= 0.6 is 0 Å². The second-order valence-electron chi connectivity index (χ2n) is 8.55. The fourth-order valence-electron chi connectivity index (χ4n) is 5.21. The molecule has 0 spiro atoms. The molecule has 34 heavy (non-hydrogen) atoms. The summed E-state index contributed by atoms with van der Waals surface area (Å²) in [5.74, 6) is -3.22. The summed E-state index contributed by atoms with van der Waals surface area (Å²) in [6.07, 6.45) is 4.55. The lowest BCUT2D eigenvalue weighted by Crippen LogP contribution is -2.50. The van der Waals surface area contributed by atoms with Crippen LogP contribution in [0.25, 0.3) is 0 Å². The van der Waals surface area contributed by atoms with Crippen LogP contribution in [-0.4, -0.2) is 37.6 Å². The van der Waals surface area contributed by atoms with Gasteiger partial charge in [0.05, 0.1) is 28.2 Å². The Kier molecular flexibility index (Phi) is 4.96. The van der Waals surface area contributed by atoms with Crippen molar-refractivity contribution in [2.45, 2.75) is 13.0 Å². The first-order valence-corrected chi connectivity index (χ1v) is 10.6. The van der Waals surface area contributed by atoms with E-state index in [1.54, 1.807) is 0 Å². The quantitative estimate of drug-likeness (QED) is 0.278. The Morgan fingerprint density at radius 1 is 0.912 bits per heavy atom. The highest BCUT2D eigenvalue weighted by Crippen LogP contribution is 2.53. The molecule has 2 aliphatic carbocycles. The molecule has 172 valence electrons. The first-order chi connectivity index (χ1) is 16.3. The monoisotopic (exact) mass is 462 g/mol. The number of carbonyl (C=O) groups excluding carboxylic acids is 3. The lowest BCUT2D eigenvalue weighted by Gasteiger charge is -2.31. The lowest BCUT2D eigenvalue weighted by molar-refractivity contribution is -0.385. The number of hydrazine groups is 1. The van der Waals surface area contributed by atoms with Crippen molar-refractivity contribution < 1.29 is 24.2 Å². The third-order valence-corrected chi connectivity index (χ3v) is 6.73. The number of benzene rings is 2. The van der Waals surface area contributed by atoms with Crippen LogP contribution in [0.15, 0.2) is 60.7 Å². The molecule has 11 nitrogen and oxygen atoms in total. The van der Waals surface area contributed by atoms with E-state index < -0.39 is 45.1 Å². The third-order valence-electron chi connectivity index (χ3n) is 6.73. The average molecular weight is 462 g/mol. The summed E-state index contributed by atoms with van der Waals surface area (Å²) < 4.78 is 0. The second kappa shape index (κ2) is 7.87. The van der Waals surface area contributed by atoms with Gasteiger partial charge in [0.1, 0.15) is 5.56 Å². The number of rotatable bonds is 6. The summed E-state index contributed by atoms with van der Waals surface area (Å²) in [4.78, 5) is 61.5. The van der Waals surface area contributed by atoms with Crippen LogP contribution in [0.1, 0.15) is 22.3 Å². The molecule has 2 fully saturated rings. The predicted octanol–water partition coefficient (Wildman–Crippen LogP) is 2.87. The molecule has 11 heteroatoms. The minimum absolute atomic E-state index is 0.0844. The largest absolute Gasteiger partial charge is 0.282 e. The van der Waals surface area contributed by atoms with Crippen molar-refractivity contribution in [2.75, 3.05) is 0 Å². The lowest BCUT2D eigenvalue weighted by atomic mass is 9.85. The highest BCUT2D eigenvalue weighted by Gasteiger charge is 2.61. The van der Waals surface area contributed by atoms with Gasteiger partial charge in [-0.05, 0) is 29.9 Å². The van der Waals surface area contributed by atoms with Crippen LogP contribution in [0.3, 0.4) is 0 Å². The van der Waals surface area contributed by atoms with Gasteiger partial charge in [0.15, 0.2) is 0 Å². The first kappa shape index (κ1) is 21.4. The van der Waals surface area contributed by atoms with Crippen molar-refractivity contribution in [3.05, 3.63) is 92.0 Å². The Hall–Kier alpha value is -4.41. The van der Waals surface area contributed by atoms with Crippen LogP contribution in [0.4, 0.5) is 11.4 Å². The number of nitrogens with zero attached hydrogens (tertiary/aromatic N) is 4. The number of fused-ring (bicyclic) bond motifs is 5. The van der Waals surface area contributed by atoms with Gasteiger partial charge in [-0.25, -0.2) is 5.01 Å². The zero-order valence-corrected chi connectivity index (χ0v) is 17.6. The fourth-order valence-corrected chi connectivity index (χ4v) is 5.21. The molecule has 2 aromatic carbocycles. The van der Waals surface area contributed by atoms with Gasteiger partial charge in [-0.15, -0.1) is 0 Å². The van der Waals surface area contributed by atoms with E-state index in [9.17, 15) is 34.6 Å². The summed E-state index contributed by atoms with van der Waals surface area (Å²) in [6.45, 7) is -0.275. The van der Waals surface area contributed by atoms with Crippen LogP contribution in [0, 0.1) is 43.9 Å². The molecule has 4 atom stereocenters. The predicted molar refractivity (Wildman–Crippen MR) is 116 cm³/mol. The van der Waals surface area contributed by atoms with Crippen LogP contribution < -0.4 is 0 Å². The molecule has 3 amide bonds. The molecule has 2 bridgehead atoms. The van der Waals surface area contributed by atoms with Gasteiger partial charge in [0, 0.05) is 18.2 Å². The van der Waals surface area contributed by atoms with Crippen LogP contribution in [0.2, 0.25) is 0 Å². The maximum atomic E-state index is 13.6. The second-order valence-corrected chi connectivity index (χ2v) is 8.55. The highest BCUT2D eigenvalue weighted by atomic mass is 16.6. The van der Waals surface area contributed by atoms with E-state index in [-0.39, 0.29) is 29.6 Å². The molecule has 5 rings (SSSR count). The van der Waals surface area contributed by atoms with Crippen molar-refractivity contribution in [1.82, 2.24) is 10.0 Å². The SMILES string of the molecule is O=C(c1ccccc1[N+](=O)[O-])N(Cc1ccc([N+](=O)[O-])cc1)N1C(=O)[C@H]2[C@H](C1=O)[C@H]1C=C[C@H]2C1. The van der Waals surface area contributed by atoms with E-state index in [1.165, 1.54) is 48.5 Å². The summed E-state index contributed by atoms with van der Waals surface area (Å²) in [7, 11) is 0. The van der Waals surface area contributed by atoms with E-state index in [1.807, 2.05) is 12.2 Å². The number of amides is 3. The zero-order valence-electron chi connectivity index (χ0n) is 17.6. The maximum Gasteiger partial charge on any atom is 0.282 e. The Morgan fingerprint density at radius 3 is 2.06 bits per heavy atom. The number of carbonyl (C=O) groups is 3. The summed E-state index contributed by atoms with van der Waals surface area (Å²) in [5, 5.41) is 24.2. The van der Waals surface area contributed by atoms with Gasteiger partial charge in [-0.2, -0.15) is 5.01 Å². The van der Waals surface area contributed by atoms with Crippen molar-refractivity contribution in [2.24, 2.45) is 23.7 Å². The molecule has 0 radical (unpaired) electrons. The Bertz CT molecular complexity index is 1240. The molecular formula is C23H18N4O7. The standard InChI is InChI=1S/C23H18N4O7/c28-21(17-3-1-2-4-18(17)27(33)34)24(12-13-5-9-16(10-6-13)26(31)32)25-22(29)19-14-7-8-15(11-14)20(19)23(25)30/h1-10,14-15,19-20H,11-12H2/t14-,15-,19+,20+/m0/s1. The number of hydrogen-bond acceptors (Lipinski definition) is 7. The van der Waals surface area contributed by atoms with Crippen molar-refractivity contribution in [3.8, 4) is 0 Å². The minimum Gasteiger partial charge on any atom is -0.272 e. The molecule has 0 N–H and O–H groups in total. The van der Waals surface area contributed by atoms with Crippen LogP contribution in [0.5, 0.6) is 0 Å². The highest BCUT2D eigenvalue weighted by molar-refractivity contribution is 6.09. The smallest absolute Gasteiger partial charge is 0.272 e. The summed E-state index contributed by atoms with van der Waals surface area (Å²) in [6, 6.07) is 10.6. The number of nitro groups is 2. The molecule has 1 saturated carbocycles. The van der Waals surface area contributed by atoms with Crippen LogP contribution in [-0.2, 0) is 16.1 Å². The van der Waals surface area contributed by atoms with E-state index >= 15 is 0 Å². The number of nitro benzene ring substituents is 2. The van der Waals surface area contributed by atoms with Crippen molar-refractivity contribution >= 4 is 29.1 Å². The van der Waals surface area contributed by atoms with E-state index in [0.717, 1.165) is 10.0 Å². The van der Waals surface area contributed by atoms with E-state index in [0.29, 0.717) is 12.0 Å². The summed E-state index contributed by atoms with van der Waals surface area (Å²) in [5.41, 5.74) is -0.475. The zero-order chi connectivity index (χ0) is 24.1. The Morgan fingerprint density at radius 2 is 1.50 bits per heavy atom. The molecule has 1 aliphatic heterocycles. The Labute approximate surface area is 192 Å². The minimum atomic E-state index is -0.882. The van der Waals surface area contributed by atoms with E-state index in [4.69, 9.17) is 0 Å². The van der Waals surface area contributed by atoms with Crippen molar-refractivity contribution in [1.29, 1.82) is 0 Å². The van der Waals surface area contributed by atoms with Crippen molar-refractivity contribution in [3.63, 3.8) is 0 Å². The topological polar surface area (TPSA) is 144 Å². The van der Waals surface area contributed by atoms with Gasteiger partial charge in [0.25, 0.3) is 29.1 Å². The Balaban J connectivity index is 1.54. The number of non-ortho nitro benzene ring substituents is 1. The van der Waals surface area contributed by atoms with Gasteiger partial charge in [-0.3, -0.25) is 34.6 Å². The molecule has 1 heterocycles. The molecule has 0 aromatic heterocycles. The number of imide groups is 1. The third kappa shape index (κ3) is 3.24. The van der Waals surface area contributed by atoms with Gasteiger partial charge < -0.3 is 0 Å². The average Bonchev–Trinajstić information content (AvgIpc) is 3.51. The molecule has 1 saturated heterocycles. The number of allylic oxidation sites excluding steroid dienone is 2. The fraction of sp³-hybridized carbons (Fsp3) is 0.261. The number of hydrogen-bond donors (Lipinski definition) is 0.